The van der Waals surface area contributed by atoms with Crippen LogP contribution in [0.2, 0.25) is 0 Å². The maximum Gasteiger partial charge on any atom is 0.181 e. The minimum absolute atomic E-state index is 0. The quantitative estimate of drug-likeness (QED) is 0.698. The third-order valence-corrected chi connectivity index (χ3v) is 6.21. The van der Waals surface area contributed by atoms with Crippen LogP contribution in [0.15, 0.2) is 30.5 Å². The van der Waals surface area contributed by atoms with Gasteiger partial charge in [-0.15, -0.1) is 0 Å². The number of anilines is 1. The van der Waals surface area contributed by atoms with Crippen molar-refractivity contribution in [3.63, 3.8) is 0 Å². The second-order valence-electron chi connectivity index (χ2n) is 8.30. The second-order valence-corrected chi connectivity index (χ2v) is 8.30. The molecule has 1 fully saturated rings. The van der Waals surface area contributed by atoms with Gasteiger partial charge in [0, 0.05) is 34.1 Å². The summed E-state index contributed by atoms with van der Waals surface area (Å²) in [6.45, 7) is 8.10. The lowest BCUT2D eigenvalue weighted by Crippen LogP contribution is -2.62. The summed E-state index contributed by atoms with van der Waals surface area (Å²) in [5.74, 6) is 0.379. The van der Waals surface area contributed by atoms with Crippen LogP contribution in [0, 0.1) is 11.7 Å². The van der Waals surface area contributed by atoms with Crippen LogP contribution in [0.25, 0.3) is 22.4 Å². The van der Waals surface area contributed by atoms with Gasteiger partial charge in [0.2, 0.25) is 0 Å². The number of nitrogens with zero attached hydrogens (tertiary/aromatic N) is 5. The van der Waals surface area contributed by atoms with E-state index in [1.165, 1.54) is 6.07 Å². The van der Waals surface area contributed by atoms with E-state index in [9.17, 15) is 9.50 Å². The number of fused-ring (bicyclic) bond motifs is 1. The lowest BCUT2D eigenvalue weighted by atomic mass is 9.83. The summed E-state index contributed by atoms with van der Waals surface area (Å²) in [6, 6.07) is 6.73. The summed E-state index contributed by atoms with van der Waals surface area (Å²) in [5.41, 5.74) is 0.430. The fraction of sp³-hybridized carbons (Fsp3) is 0.476. The zero-order valence-electron chi connectivity index (χ0n) is 17.2. The molecule has 0 aliphatic carbocycles. The number of H-pyrrole nitrogens is 1. The number of piperazine rings is 1. The first-order valence-corrected chi connectivity index (χ1v) is 9.92. The lowest BCUT2D eigenvalue weighted by molar-refractivity contribution is -0.0624. The van der Waals surface area contributed by atoms with Crippen molar-refractivity contribution in [1.29, 1.82) is 0 Å². The minimum atomic E-state index is -0.846. The molecule has 0 bridgehead atoms. The zero-order valence-corrected chi connectivity index (χ0v) is 17.2. The number of aromatic amines is 1. The van der Waals surface area contributed by atoms with Crippen LogP contribution < -0.4 is 4.90 Å². The van der Waals surface area contributed by atoms with Crippen LogP contribution in [-0.4, -0.2) is 68.5 Å². The summed E-state index contributed by atoms with van der Waals surface area (Å²) in [5, 5.41) is 18.8. The number of nitrogens with one attached hydrogen (secondary N) is 1. The third kappa shape index (κ3) is 3.47. The van der Waals surface area contributed by atoms with Gasteiger partial charge in [0.1, 0.15) is 11.5 Å². The number of aliphatic hydroxyl groups is 1. The molecule has 29 heavy (non-hydrogen) atoms. The van der Waals surface area contributed by atoms with Gasteiger partial charge in [-0.05, 0) is 44.2 Å². The molecule has 2 N–H and O–H groups in total. The Labute approximate surface area is 172 Å². The number of likely N-dealkylation sites (N-methyl/N-ethyl adjacent to an activating group) is 1. The molecule has 0 radical (unpaired) electrons. The normalized spacial score (nSPS) is 20.4. The Bertz CT molecular complexity index is 1030. The minimum Gasteiger partial charge on any atom is -0.388 e. The lowest BCUT2D eigenvalue weighted by Gasteiger charge is -2.48. The van der Waals surface area contributed by atoms with Gasteiger partial charge < -0.3 is 10.0 Å². The molecule has 2 unspecified atom stereocenters. The molecule has 3 aromatic rings. The predicted octanol–water partition coefficient (Wildman–Crippen LogP) is 3.18. The summed E-state index contributed by atoms with van der Waals surface area (Å²) in [7, 11) is 2.03. The average molecular weight is 403 g/mol. The zero-order chi connectivity index (χ0) is 20.8. The molecule has 4 heterocycles. The number of halogens is 1. The van der Waals surface area contributed by atoms with Crippen LogP contribution in [0.3, 0.4) is 0 Å². The average Bonchev–Trinajstić information content (AvgIpc) is 3.12. The molecule has 0 saturated carbocycles. The summed E-state index contributed by atoms with van der Waals surface area (Å²) < 4.78 is 14.7. The molecule has 0 aromatic carbocycles. The fourth-order valence-corrected chi connectivity index (χ4v) is 3.91. The van der Waals surface area contributed by atoms with E-state index >= 15 is 0 Å². The van der Waals surface area contributed by atoms with Crippen molar-refractivity contribution in [1.82, 2.24) is 25.1 Å². The second kappa shape index (κ2) is 7.35. The molecule has 1 aliphatic heterocycles. The summed E-state index contributed by atoms with van der Waals surface area (Å²) in [4.78, 5) is 13.1. The summed E-state index contributed by atoms with van der Waals surface area (Å²) in [6.07, 6.45) is 1.65. The molecule has 4 rings (SSSR count). The number of hydrogen-bond acceptors (Lipinski definition) is 6. The molecule has 0 amide bonds. The largest absolute Gasteiger partial charge is 0.388 e. The van der Waals surface area contributed by atoms with Crippen molar-refractivity contribution in [2.24, 2.45) is 5.92 Å². The predicted molar refractivity (Wildman–Crippen MR) is 115 cm³/mol. The molecule has 1 aliphatic rings. The van der Waals surface area contributed by atoms with Crippen molar-refractivity contribution in [3.05, 3.63) is 36.3 Å². The Kier molecular flexibility index (Phi) is 5.00. The molecular formula is C21H31FN6O. The van der Waals surface area contributed by atoms with Crippen LogP contribution in [-0.2, 0) is 0 Å². The van der Waals surface area contributed by atoms with E-state index in [0.717, 1.165) is 18.5 Å². The monoisotopic (exact) mass is 402 g/mol. The number of aromatic nitrogens is 4. The first-order valence-electron chi connectivity index (χ1n) is 9.92. The molecule has 1 saturated heterocycles. The standard InChI is InChI=1S/C21H27FN6O.2H2/c1-13(2)21(3,29)16-12-28(11-10-27(16)4)17-8-7-15(22)19(24-17)18-14-6-5-9-23-20(14)26-25-18;;/h5-9,13,16,29H,10-12H2,1-4H3,(H,23,25,26);2*1H. The van der Waals surface area contributed by atoms with E-state index < -0.39 is 11.4 Å². The number of rotatable bonds is 4. The van der Waals surface area contributed by atoms with E-state index in [4.69, 9.17) is 0 Å². The van der Waals surface area contributed by atoms with E-state index in [2.05, 4.69) is 30.0 Å². The maximum absolute atomic E-state index is 14.7. The molecular weight excluding hydrogens is 371 g/mol. The van der Waals surface area contributed by atoms with Gasteiger partial charge in [-0.3, -0.25) is 10.00 Å². The Hall–Kier alpha value is -2.58. The highest BCUT2D eigenvalue weighted by molar-refractivity contribution is 5.89. The molecule has 7 nitrogen and oxygen atoms in total. The number of pyridine rings is 2. The Balaban J connectivity index is 0.00000171. The van der Waals surface area contributed by atoms with E-state index in [0.29, 0.717) is 23.7 Å². The Morgan fingerprint density at radius 1 is 1.31 bits per heavy atom. The van der Waals surface area contributed by atoms with Crippen LogP contribution in [0.1, 0.15) is 23.6 Å². The van der Waals surface area contributed by atoms with Gasteiger partial charge in [-0.2, -0.15) is 5.10 Å². The third-order valence-electron chi connectivity index (χ3n) is 6.21. The Morgan fingerprint density at radius 2 is 2.10 bits per heavy atom. The molecule has 2 atom stereocenters. The van der Waals surface area contributed by atoms with Crippen molar-refractivity contribution in [2.45, 2.75) is 32.4 Å². The van der Waals surface area contributed by atoms with Gasteiger partial charge >= 0.3 is 0 Å². The first kappa shape index (κ1) is 19.7. The van der Waals surface area contributed by atoms with Crippen LogP contribution >= 0.6 is 0 Å². The van der Waals surface area contributed by atoms with E-state index in [1.54, 1.807) is 18.3 Å². The van der Waals surface area contributed by atoms with Crippen LogP contribution in [0.5, 0.6) is 0 Å². The molecule has 3 aromatic heterocycles. The highest BCUT2D eigenvalue weighted by atomic mass is 19.1. The number of hydrogen-bond donors (Lipinski definition) is 2. The smallest absolute Gasteiger partial charge is 0.181 e. The first-order chi connectivity index (χ1) is 13.8. The van der Waals surface area contributed by atoms with Gasteiger partial charge in [0.15, 0.2) is 11.5 Å². The van der Waals surface area contributed by atoms with E-state index in [1.807, 2.05) is 33.9 Å². The van der Waals surface area contributed by atoms with Gasteiger partial charge in [-0.25, -0.2) is 14.4 Å². The van der Waals surface area contributed by atoms with Gasteiger partial charge in [-0.1, -0.05) is 13.8 Å². The molecule has 0 spiro atoms. The van der Waals surface area contributed by atoms with Crippen molar-refractivity contribution in [3.8, 4) is 11.4 Å². The molecule has 158 valence electrons. The van der Waals surface area contributed by atoms with E-state index in [-0.39, 0.29) is 20.5 Å². The van der Waals surface area contributed by atoms with Crippen LogP contribution in [0.4, 0.5) is 10.2 Å². The fourth-order valence-electron chi connectivity index (χ4n) is 3.91. The SMILES string of the molecule is CC(C)C(C)(O)C1CN(c2ccc(F)c(-c3[nH]nc4ncccc34)n2)CCN1C.[HH].[HH]. The maximum atomic E-state index is 14.7. The Morgan fingerprint density at radius 3 is 2.86 bits per heavy atom. The highest BCUT2D eigenvalue weighted by Crippen LogP contribution is 2.31. The van der Waals surface area contributed by atoms with Gasteiger partial charge in [0.05, 0.1) is 17.3 Å². The topological polar surface area (TPSA) is 81.2 Å². The van der Waals surface area contributed by atoms with Crippen molar-refractivity contribution >= 4 is 16.9 Å². The van der Waals surface area contributed by atoms with Crippen molar-refractivity contribution < 1.29 is 12.4 Å². The van der Waals surface area contributed by atoms with Gasteiger partial charge in [0.25, 0.3) is 0 Å². The highest BCUT2D eigenvalue weighted by Gasteiger charge is 2.41. The van der Waals surface area contributed by atoms with Crippen molar-refractivity contribution in [2.75, 3.05) is 31.6 Å². The molecule has 8 heteroatoms. The summed E-state index contributed by atoms with van der Waals surface area (Å²) >= 11 is 0.